The Bertz CT molecular complexity index is 550. The molecule has 0 unspecified atom stereocenters. The van der Waals surface area contributed by atoms with Crippen molar-refractivity contribution < 1.29 is 9.21 Å². The number of nitrogen functional groups attached to an aromatic ring is 1. The molecule has 0 radical (unpaired) electrons. The Morgan fingerprint density at radius 2 is 2.37 bits per heavy atom. The van der Waals surface area contributed by atoms with Crippen LogP contribution < -0.4 is 11.3 Å². The highest BCUT2D eigenvalue weighted by atomic mass is 32.1. The number of carbonyl (C=O) groups excluding carboxylic acids is 1. The van der Waals surface area contributed by atoms with Crippen molar-refractivity contribution in [2.24, 2.45) is 5.84 Å². The van der Waals surface area contributed by atoms with E-state index in [1.807, 2.05) is 17.9 Å². The first-order chi connectivity index (χ1) is 9.10. The maximum Gasteiger partial charge on any atom is 0.268 e. The highest BCUT2D eigenvalue weighted by Crippen LogP contribution is 2.16. The summed E-state index contributed by atoms with van der Waals surface area (Å²) in [6, 6.07) is 1.72. The molecule has 1 amide bonds. The summed E-state index contributed by atoms with van der Waals surface area (Å²) < 4.78 is 5.55. The standard InChI is InChI=1S/C12H16N4O2S/c1-8-11(12(17)15-13)3-10(18-8)5-16(2)4-9-6-19-7-14-9/h3,6-7H,4-5,13H2,1-2H3,(H,15,17). The lowest BCUT2D eigenvalue weighted by atomic mass is 10.2. The van der Waals surface area contributed by atoms with Crippen LogP contribution in [-0.4, -0.2) is 22.8 Å². The van der Waals surface area contributed by atoms with Gasteiger partial charge in [-0.05, 0) is 20.0 Å². The second-order valence-corrected chi connectivity index (χ2v) is 5.03. The van der Waals surface area contributed by atoms with Crippen molar-refractivity contribution in [1.82, 2.24) is 15.3 Å². The molecule has 6 nitrogen and oxygen atoms in total. The van der Waals surface area contributed by atoms with Crippen molar-refractivity contribution >= 4 is 17.2 Å². The Balaban J connectivity index is 2.01. The van der Waals surface area contributed by atoms with E-state index in [-0.39, 0.29) is 5.91 Å². The molecule has 2 rings (SSSR count). The van der Waals surface area contributed by atoms with Gasteiger partial charge in [-0.3, -0.25) is 15.1 Å². The number of aryl methyl sites for hydroxylation is 1. The molecule has 0 bridgehead atoms. The van der Waals surface area contributed by atoms with E-state index < -0.39 is 0 Å². The average Bonchev–Trinajstić information content (AvgIpc) is 2.98. The topological polar surface area (TPSA) is 84.4 Å². The van der Waals surface area contributed by atoms with Crippen molar-refractivity contribution in [3.8, 4) is 0 Å². The van der Waals surface area contributed by atoms with E-state index in [1.54, 1.807) is 24.3 Å². The van der Waals surface area contributed by atoms with Crippen LogP contribution in [0.15, 0.2) is 21.4 Å². The normalized spacial score (nSPS) is 10.9. The quantitative estimate of drug-likeness (QED) is 0.489. The van der Waals surface area contributed by atoms with Crippen molar-refractivity contribution in [2.75, 3.05) is 7.05 Å². The Hall–Kier alpha value is -1.70. The van der Waals surface area contributed by atoms with E-state index in [4.69, 9.17) is 10.3 Å². The van der Waals surface area contributed by atoms with Gasteiger partial charge in [0, 0.05) is 11.9 Å². The van der Waals surface area contributed by atoms with E-state index >= 15 is 0 Å². The van der Waals surface area contributed by atoms with Gasteiger partial charge < -0.3 is 4.42 Å². The summed E-state index contributed by atoms with van der Waals surface area (Å²) in [5.41, 5.74) is 5.41. The largest absolute Gasteiger partial charge is 0.464 e. The number of nitrogens with one attached hydrogen (secondary N) is 1. The van der Waals surface area contributed by atoms with E-state index in [0.29, 0.717) is 17.9 Å². The summed E-state index contributed by atoms with van der Waals surface area (Å²) in [5.74, 6) is 6.08. The molecule has 0 saturated heterocycles. The first-order valence-corrected chi connectivity index (χ1v) is 6.70. The maximum absolute atomic E-state index is 11.5. The van der Waals surface area contributed by atoms with Crippen molar-refractivity contribution in [3.63, 3.8) is 0 Å². The zero-order valence-electron chi connectivity index (χ0n) is 10.8. The number of nitrogens with two attached hydrogens (primary N) is 1. The number of hydrogen-bond acceptors (Lipinski definition) is 6. The molecule has 0 aliphatic heterocycles. The lowest BCUT2D eigenvalue weighted by molar-refractivity contribution is 0.0952. The number of nitrogens with zero attached hydrogens (tertiary/aromatic N) is 2. The monoisotopic (exact) mass is 280 g/mol. The second-order valence-electron chi connectivity index (χ2n) is 4.31. The molecule has 7 heteroatoms. The van der Waals surface area contributed by atoms with Crippen LogP contribution in [0.3, 0.4) is 0 Å². The van der Waals surface area contributed by atoms with Gasteiger partial charge in [-0.15, -0.1) is 11.3 Å². The zero-order chi connectivity index (χ0) is 13.8. The van der Waals surface area contributed by atoms with E-state index in [1.165, 1.54) is 0 Å². The number of carbonyl (C=O) groups is 1. The van der Waals surface area contributed by atoms with Crippen LogP contribution in [0.2, 0.25) is 0 Å². The number of hydrazine groups is 1. The van der Waals surface area contributed by atoms with Crippen LogP contribution in [-0.2, 0) is 13.1 Å². The van der Waals surface area contributed by atoms with Gasteiger partial charge in [-0.25, -0.2) is 10.8 Å². The summed E-state index contributed by atoms with van der Waals surface area (Å²) in [5, 5.41) is 2.01. The SMILES string of the molecule is Cc1oc(CN(C)Cc2cscn2)cc1C(=O)NN. The van der Waals surface area contributed by atoms with Gasteiger partial charge in [0.05, 0.1) is 23.3 Å². The maximum atomic E-state index is 11.5. The number of hydrogen-bond donors (Lipinski definition) is 2. The third-order valence-corrected chi connectivity index (χ3v) is 3.32. The highest BCUT2D eigenvalue weighted by molar-refractivity contribution is 7.07. The number of rotatable bonds is 5. The Kier molecular flexibility index (Phi) is 4.31. The van der Waals surface area contributed by atoms with Crippen molar-refractivity contribution in [1.29, 1.82) is 0 Å². The second kappa shape index (κ2) is 5.96. The lowest BCUT2D eigenvalue weighted by Crippen LogP contribution is -2.30. The minimum Gasteiger partial charge on any atom is -0.464 e. The van der Waals surface area contributed by atoms with Crippen LogP contribution in [0.4, 0.5) is 0 Å². The summed E-state index contributed by atoms with van der Waals surface area (Å²) in [6.45, 7) is 3.09. The zero-order valence-corrected chi connectivity index (χ0v) is 11.7. The molecule has 0 spiro atoms. The summed E-state index contributed by atoms with van der Waals surface area (Å²) in [7, 11) is 1.97. The van der Waals surface area contributed by atoms with Crippen LogP contribution in [0.25, 0.3) is 0 Å². The van der Waals surface area contributed by atoms with Gasteiger partial charge in [0.15, 0.2) is 0 Å². The van der Waals surface area contributed by atoms with Gasteiger partial charge in [0.25, 0.3) is 5.91 Å². The molecule has 0 aromatic carbocycles. The van der Waals surface area contributed by atoms with Crippen molar-refractivity contribution in [3.05, 3.63) is 39.7 Å². The molecule has 0 saturated carbocycles. The molecular formula is C12H16N4O2S. The number of aromatic nitrogens is 1. The summed E-state index contributed by atoms with van der Waals surface area (Å²) >= 11 is 1.57. The summed E-state index contributed by atoms with van der Waals surface area (Å²) in [6.07, 6.45) is 0. The molecule has 102 valence electrons. The summed E-state index contributed by atoms with van der Waals surface area (Å²) in [4.78, 5) is 17.8. The molecule has 2 aromatic heterocycles. The fraction of sp³-hybridized carbons (Fsp3) is 0.333. The highest BCUT2D eigenvalue weighted by Gasteiger charge is 2.15. The smallest absolute Gasteiger partial charge is 0.268 e. The Morgan fingerprint density at radius 3 is 3.00 bits per heavy atom. The molecule has 0 aliphatic rings. The first-order valence-electron chi connectivity index (χ1n) is 5.76. The first kappa shape index (κ1) is 13.7. The number of amides is 1. The van der Waals surface area contributed by atoms with E-state index in [2.05, 4.69) is 15.3 Å². The van der Waals surface area contributed by atoms with Crippen LogP contribution in [0.1, 0.15) is 27.6 Å². The third kappa shape index (κ3) is 3.40. The Labute approximate surface area is 115 Å². The molecule has 2 aromatic rings. The van der Waals surface area contributed by atoms with Gasteiger partial charge in [-0.2, -0.15) is 0 Å². The molecule has 2 heterocycles. The molecule has 0 fully saturated rings. The molecule has 0 aliphatic carbocycles. The predicted molar refractivity (Wildman–Crippen MR) is 72.4 cm³/mol. The van der Waals surface area contributed by atoms with E-state index in [0.717, 1.165) is 18.0 Å². The average molecular weight is 280 g/mol. The van der Waals surface area contributed by atoms with E-state index in [9.17, 15) is 4.79 Å². The minimum atomic E-state index is -0.338. The minimum absolute atomic E-state index is 0.338. The molecule has 19 heavy (non-hydrogen) atoms. The van der Waals surface area contributed by atoms with Crippen molar-refractivity contribution in [2.45, 2.75) is 20.0 Å². The Morgan fingerprint density at radius 1 is 1.58 bits per heavy atom. The lowest BCUT2D eigenvalue weighted by Gasteiger charge is -2.12. The van der Waals surface area contributed by atoms with Crippen LogP contribution in [0, 0.1) is 6.92 Å². The number of thiazole rings is 1. The van der Waals surface area contributed by atoms with Gasteiger partial charge in [0.1, 0.15) is 11.5 Å². The fourth-order valence-electron chi connectivity index (χ4n) is 1.84. The van der Waals surface area contributed by atoms with Gasteiger partial charge in [0.2, 0.25) is 0 Å². The molecular weight excluding hydrogens is 264 g/mol. The molecule has 3 N–H and O–H groups in total. The molecule has 0 atom stereocenters. The predicted octanol–water partition coefficient (Wildman–Crippen LogP) is 1.28. The van der Waals surface area contributed by atoms with Gasteiger partial charge in [-0.1, -0.05) is 0 Å². The van der Waals surface area contributed by atoms with Gasteiger partial charge >= 0.3 is 0 Å². The fourth-order valence-corrected chi connectivity index (χ4v) is 2.39. The number of furan rings is 1. The van der Waals surface area contributed by atoms with Crippen LogP contribution >= 0.6 is 11.3 Å². The third-order valence-electron chi connectivity index (χ3n) is 2.69. The van der Waals surface area contributed by atoms with Crippen LogP contribution in [0.5, 0.6) is 0 Å².